The van der Waals surface area contributed by atoms with Crippen molar-refractivity contribution in [1.29, 1.82) is 0 Å². The predicted molar refractivity (Wildman–Crippen MR) is 87.3 cm³/mol. The van der Waals surface area contributed by atoms with Gasteiger partial charge in [0.05, 0.1) is 12.8 Å². The molecule has 0 saturated heterocycles. The van der Waals surface area contributed by atoms with E-state index in [-0.39, 0.29) is 11.7 Å². The Labute approximate surface area is 133 Å². The number of amides is 1. The molecule has 6 nitrogen and oxygen atoms in total. The second-order valence-corrected chi connectivity index (χ2v) is 5.20. The highest BCUT2D eigenvalue weighted by Crippen LogP contribution is 2.24. The van der Waals surface area contributed by atoms with Gasteiger partial charge in [-0.1, -0.05) is 0 Å². The number of ether oxygens (including phenoxy) is 1. The number of phenolic OH excluding ortho intramolecular Hbond substituents is 1. The summed E-state index contributed by atoms with van der Waals surface area (Å²) in [6, 6.07) is 10.1. The Balaban J connectivity index is 2.07. The number of methoxy groups -OCH3 is 1. The predicted octanol–water partition coefficient (Wildman–Crippen LogP) is 2.63. The lowest BCUT2D eigenvalue weighted by Crippen LogP contribution is -2.28. The van der Waals surface area contributed by atoms with Gasteiger partial charge in [-0.15, -0.1) is 0 Å². The minimum Gasteiger partial charge on any atom is -0.508 e. The summed E-state index contributed by atoms with van der Waals surface area (Å²) in [5.41, 5.74) is 2.40. The number of aromatic hydroxyl groups is 1. The average Bonchev–Trinajstić information content (AvgIpc) is 2.90. The molecule has 0 bridgehead atoms. The van der Waals surface area contributed by atoms with Crippen LogP contribution in [-0.2, 0) is 0 Å². The normalized spacial score (nSPS) is 10.7. The highest BCUT2D eigenvalue weighted by Gasteiger charge is 2.22. The third kappa shape index (κ3) is 2.48. The van der Waals surface area contributed by atoms with Crippen LogP contribution in [0.4, 0.5) is 5.69 Å². The fourth-order valence-corrected chi connectivity index (χ4v) is 2.53. The second-order valence-electron chi connectivity index (χ2n) is 5.20. The highest BCUT2D eigenvalue weighted by atomic mass is 16.5. The molecule has 118 valence electrons. The fraction of sp³-hybridized carbons (Fsp3) is 0.176. The zero-order chi connectivity index (χ0) is 16.6. The number of aryl methyl sites for hydroxylation is 1. The number of carbonyl (C=O) groups excluding carboxylic acids is 1. The summed E-state index contributed by atoms with van der Waals surface area (Å²) in [7, 11) is 3.26. The van der Waals surface area contributed by atoms with Crippen molar-refractivity contribution in [3.8, 4) is 11.5 Å². The van der Waals surface area contributed by atoms with Gasteiger partial charge in [0, 0.05) is 18.9 Å². The molecule has 1 amide bonds. The molecular weight excluding hydrogens is 294 g/mol. The van der Waals surface area contributed by atoms with E-state index < -0.39 is 0 Å². The molecule has 0 aliphatic heterocycles. The number of nitrogens with zero attached hydrogens (tertiary/aromatic N) is 3. The molecule has 2 aromatic heterocycles. The molecule has 0 radical (unpaired) electrons. The number of rotatable bonds is 3. The Bertz CT molecular complexity index is 869. The SMILES string of the molecule is COc1cccn2c(C(=O)N(C)c3ccc(O)cc3)c(C)nc12. The van der Waals surface area contributed by atoms with E-state index in [0.717, 1.165) is 0 Å². The molecule has 3 aromatic rings. The maximum atomic E-state index is 12.9. The van der Waals surface area contributed by atoms with Crippen LogP contribution in [0.3, 0.4) is 0 Å². The van der Waals surface area contributed by atoms with Crippen molar-refractivity contribution in [3.05, 3.63) is 54.0 Å². The molecule has 3 rings (SSSR count). The first-order chi connectivity index (χ1) is 11.0. The Morgan fingerprint density at radius 2 is 1.96 bits per heavy atom. The van der Waals surface area contributed by atoms with Crippen molar-refractivity contribution in [3.63, 3.8) is 0 Å². The number of aromatic nitrogens is 2. The van der Waals surface area contributed by atoms with Crippen molar-refractivity contribution in [1.82, 2.24) is 9.38 Å². The summed E-state index contributed by atoms with van der Waals surface area (Å²) in [5.74, 6) is 0.584. The van der Waals surface area contributed by atoms with Crippen molar-refractivity contribution < 1.29 is 14.6 Å². The minimum atomic E-state index is -0.186. The lowest BCUT2D eigenvalue weighted by molar-refractivity contribution is 0.0986. The van der Waals surface area contributed by atoms with Gasteiger partial charge >= 0.3 is 0 Å². The molecule has 0 aliphatic rings. The lowest BCUT2D eigenvalue weighted by Gasteiger charge is -2.17. The number of hydrogen-bond acceptors (Lipinski definition) is 4. The van der Waals surface area contributed by atoms with E-state index in [0.29, 0.717) is 28.5 Å². The number of pyridine rings is 1. The van der Waals surface area contributed by atoms with Crippen LogP contribution in [-0.4, -0.2) is 34.6 Å². The first-order valence-corrected chi connectivity index (χ1v) is 7.11. The minimum absolute atomic E-state index is 0.158. The Hall–Kier alpha value is -3.02. The van der Waals surface area contributed by atoms with Crippen LogP contribution in [0.2, 0.25) is 0 Å². The van der Waals surface area contributed by atoms with Gasteiger partial charge in [-0.05, 0) is 43.3 Å². The zero-order valence-corrected chi connectivity index (χ0v) is 13.1. The summed E-state index contributed by atoms with van der Waals surface area (Å²) >= 11 is 0. The van der Waals surface area contributed by atoms with Gasteiger partial charge in [0.15, 0.2) is 11.4 Å². The maximum Gasteiger partial charge on any atom is 0.276 e. The molecule has 2 heterocycles. The van der Waals surface area contributed by atoms with Gasteiger partial charge in [0.1, 0.15) is 11.4 Å². The van der Waals surface area contributed by atoms with Crippen molar-refractivity contribution in [2.75, 3.05) is 19.1 Å². The van der Waals surface area contributed by atoms with Crippen LogP contribution in [0, 0.1) is 6.92 Å². The number of anilines is 1. The van der Waals surface area contributed by atoms with E-state index in [1.807, 2.05) is 6.07 Å². The van der Waals surface area contributed by atoms with Crippen LogP contribution in [0.25, 0.3) is 5.65 Å². The highest BCUT2D eigenvalue weighted by molar-refractivity contribution is 6.06. The molecular formula is C17H17N3O3. The van der Waals surface area contributed by atoms with Crippen LogP contribution < -0.4 is 9.64 Å². The molecule has 0 fully saturated rings. The molecule has 1 N–H and O–H groups in total. The van der Waals surface area contributed by atoms with Gasteiger partial charge in [-0.3, -0.25) is 9.20 Å². The van der Waals surface area contributed by atoms with Gasteiger partial charge in [0.25, 0.3) is 5.91 Å². The van der Waals surface area contributed by atoms with Crippen LogP contribution in [0.5, 0.6) is 11.5 Å². The summed E-state index contributed by atoms with van der Waals surface area (Å²) in [4.78, 5) is 18.9. The molecule has 0 unspecified atom stereocenters. The molecule has 23 heavy (non-hydrogen) atoms. The first kappa shape index (κ1) is 14.9. The van der Waals surface area contributed by atoms with Gasteiger partial charge in [0.2, 0.25) is 0 Å². The summed E-state index contributed by atoms with van der Waals surface area (Å²) in [5, 5.41) is 9.37. The maximum absolute atomic E-state index is 12.9. The average molecular weight is 311 g/mol. The summed E-state index contributed by atoms with van der Waals surface area (Å²) in [6.45, 7) is 1.80. The van der Waals surface area contributed by atoms with Crippen molar-refractivity contribution in [2.45, 2.75) is 6.92 Å². The van der Waals surface area contributed by atoms with Crippen LogP contribution in [0.1, 0.15) is 16.2 Å². The van der Waals surface area contributed by atoms with Crippen LogP contribution >= 0.6 is 0 Å². The topological polar surface area (TPSA) is 67.1 Å². The van der Waals surface area contributed by atoms with Gasteiger partial charge in [-0.25, -0.2) is 4.98 Å². The molecule has 6 heteroatoms. The lowest BCUT2D eigenvalue weighted by atomic mass is 10.2. The Morgan fingerprint density at radius 3 is 2.61 bits per heavy atom. The van der Waals surface area contributed by atoms with E-state index in [9.17, 15) is 9.90 Å². The summed E-state index contributed by atoms with van der Waals surface area (Å²) in [6.07, 6.45) is 1.79. The quantitative estimate of drug-likeness (QED) is 0.807. The molecule has 1 aromatic carbocycles. The van der Waals surface area contributed by atoms with E-state index in [2.05, 4.69) is 4.98 Å². The first-order valence-electron chi connectivity index (χ1n) is 7.11. The van der Waals surface area contributed by atoms with E-state index in [1.165, 1.54) is 4.90 Å². The molecule has 0 atom stereocenters. The van der Waals surface area contributed by atoms with E-state index >= 15 is 0 Å². The van der Waals surface area contributed by atoms with Crippen molar-refractivity contribution in [2.24, 2.45) is 0 Å². The van der Waals surface area contributed by atoms with Gasteiger partial charge in [-0.2, -0.15) is 0 Å². The standard InChI is InChI=1S/C17H17N3O3/c1-11-15(20-10-4-5-14(23-3)16(20)18-11)17(22)19(2)12-6-8-13(21)9-7-12/h4-10,21H,1-3H3. The number of imidazole rings is 1. The fourth-order valence-electron chi connectivity index (χ4n) is 2.53. The number of phenols is 1. The van der Waals surface area contributed by atoms with Crippen molar-refractivity contribution >= 4 is 17.2 Å². The molecule has 0 saturated carbocycles. The third-order valence-electron chi connectivity index (χ3n) is 3.75. The summed E-state index contributed by atoms with van der Waals surface area (Å²) < 4.78 is 7.03. The molecule has 0 aliphatic carbocycles. The second kappa shape index (κ2) is 5.64. The number of benzene rings is 1. The Morgan fingerprint density at radius 1 is 1.26 bits per heavy atom. The van der Waals surface area contributed by atoms with Gasteiger partial charge < -0.3 is 14.7 Å². The largest absolute Gasteiger partial charge is 0.508 e. The zero-order valence-electron chi connectivity index (χ0n) is 13.1. The molecule has 0 spiro atoms. The van der Waals surface area contributed by atoms with E-state index in [4.69, 9.17) is 4.74 Å². The van der Waals surface area contributed by atoms with Crippen LogP contribution in [0.15, 0.2) is 42.6 Å². The monoisotopic (exact) mass is 311 g/mol. The third-order valence-corrected chi connectivity index (χ3v) is 3.75. The Kier molecular flexibility index (Phi) is 3.65. The van der Waals surface area contributed by atoms with E-state index in [1.54, 1.807) is 62.0 Å². The smallest absolute Gasteiger partial charge is 0.276 e. The number of fused-ring (bicyclic) bond motifs is 1. The number of hydrogen-bond donors (Lipinski definition) is 1. The number of carbonyl (C=O) groups is 1.